The number of Topliss-reactive ketones (excluding diaryl/α,β-unsaturated/α-hetero) is 1. The van der Waals surface area contributed by atoms with Crippen molar-refractivity contribution < 1.29 is 23.9 Å². The normalized spacial score (nSPS) is 19.7. The molecule has 7 nitrogen and oxygen atoms in total. The summed E-state index contributed by atoms with van der Waals surface area (Å²) in [5, 5.41) is 0.627. The highest BCUT2D eigenvalue weighted by molar-refractivity contribution is 6.22. The molecule has 7 heteroatoms. The Morgan fingerprint density at radius 3 is 2.33 bits per heavy atom. The maximum absolute atomic E-state index is 13.3. The lowest BCUT2D eigenvalue weighted by Gasteiger charge is -2.22. The summed E-state index contributed by atoms with van der Waals surface area (Å²) in [6.07, 6.45) is 4.56. The first kappa shape index (κ1) is 27.3. The van der Waals surface area contributed by atoms with E-state index in [9.17, 15) is 19.2 Å². The van der Waals surface area contributed by atoms with Crippen LogP contribution >= 0.6 is 0 Å². The van der Waals surface area contributed by atoms with Crippen molar-refractivity contribution in [1.82, 2.24) is 4.98 Å². The van der Waals surface area contributed by atoms with Gasteiger partial charge in [-0.05, 0) is 56.5 Å². The molecule has 1 fully saturated rings. The van der Waals surface area contributed by atoms with Crippen molar-refractivity contribution in [2.45, 2.75) is 27.2 Å². The molecule has 6 rings (SSSR count). The van der Waals surface area contributed by atoms with E-state index in [0.717, 1.165) is 11.1 Å². The smallest absolute Gasteiger partial charge is 0.339 e. The number of esters is 1. The highest BCUT2D eigenvalue weighted by Gasteiger charge is 2.50. The number of ether oxygens (including phenoxy) is 1. The first-order valence-corrected chi connectivity index (χ1v) is 14.0. The fourth-order valence-electron chi connectivity index (χ4n) is 5.87. The number of aryl methyl sites for hydroxylation is 2. The number of rotatable bonds is 6. The van der Waals surface area contributed by atoms with Gasteiger partial charge in [-0.2, -0.15) is 0 Å². The quantitative estimate of drug-likeness (QED) is 0.120. The van der Waals surface area contributed by atoms with Crippen molar-refractivity contribution >= 4 is 40.2 Å². The van der Waals surface area contributed by atoms with Crippen LogP contribution in [0.15, 0.2) is 84.9 Å². The Bertz CT molecular complexity index is 1770. The van der Waals surface area contributed by atoms with Gasteiger partial charge in [-0.1, -0.05) is 72.7 Å². The van der Waals surface area contributed by atoms with Gasteiger partial charge in [0, 0.05) is 16.5 Å². The monoisotopic (exact) mass is 558 g/mol. The number of imide groups is 1. The van der Waals surface area contributed by atoms with Gasteiger partial charge in [0.1, 0.15) is 0 Å². The first-order chi connectivity index (χ1) is 20.2. The maximum Gasteiger partial charge on any atom is 0.339 e. The second-order valence-corrected chi connectivity index (χ2v) is 11.2. The molecule has 2 heterocycles. The van der Waals surface area contributed by atoms with Crippen molar-refractivity contribution in [1.29, 1.82) is 0 Å². The molecule has 1 aromatic heterocycles. The van der Waals surface area contributed by atoms with Gasteiger partial charge >= 0.3 is 5.97 Å². The van der Waals surface area contributed by atoms with Crippen molar-refractivity contribution in [3.63, 3.8) is 0 Å². The van der Waals surface area contributed by atoms with Crippen LogP contribution in [0.2, 0.25) is 0 Å². The summed E-state index contributed by atoms with van der Waals surface area (Å²) >= 11 is 0. The predicted molar refractivity (Wildman–Crippen MR) is 160 cm³/mol. The van der Waals surface area contributed by atoms with Gasteiger partial charge in [-0.25, -0.2) is 9.78 Å². The van der Waals surface area contributed by atoms with Gasteiger partial charge in [0.15, 0.2) is 12.4 Å². The highest BCUT2D eigenvalue weighted by Crippen LogP contribution is 2.40. The third-order valence-electron chi connectivity index (χ3n) is 8.19. The summed E-state index contributed by atoms with van der Waals surface area (Å²) in [6, 6.07) is 21.4. The van der Waals surface area contributed by atoms with Gasteiger partial charge in [0.25, 0.3) is 0 Å². The second kappa shape index (κ2) is 10.8. The van der Waals surface area contributed by atoms with Crippen molar-refractivity contribution in [3.8, 4) is 11.3 Å². The summed E-state index contributed by atoms with van der Waals surface area (Å²) in [6.45, 7) is 5.45. The minimum atomic E-state index is -0.620. The number of fused-ring (bicyclic) bond motifs is 2. The van der Waals surface area contributed by atoms with E-state index in [0.29, 0.717) is 45.4 Å². The van der Waals surface area contributed by atoms with Crippen LogP contribution in [0.5, 0.6) is 0 Å². The van der Waals surface area contributed by atoms with Crippen LogP contribution in [-0.4, -0.2) is 35.2 Å². The Morgan fingerprint density at radius 1 is 0.905 bits per heavy atom. The van der Waals surface area contributed by atoms with E-state index in [1.54, 1.807) is 42.5 Å². The molecule has 2 aliphatic rings. The number of carbonyl (C=O) groups is 4. The molecular weight excluding hydrogens is 528 g/mol. The lowest BCUT2D eigenvalue weighted by Crippen LogP contribution is -2.31. The number of allylic oxidation sites excluding steroid dienone is 2. The summed E-state index contributed by atoms with van der Waals surface area (Å²) in [5.74, 6) is -1.89. The number of amides is 2. The molecule has 0 radical (unpaired) electrons. The van der Waals surface area contributed by atoms with Gasteiger partial charge in [0.2, 0.25) is 11.8 Å². The zero-order valence-electron chi connectivity index (χ0n) is 23.7. The molecule has 2 amide bonds. The molecule has 0 saturated carbocycles. The summed E-state index contributed by atoms with van der Waals surface area (Å²) in [4.78, 5) is 58.4. The number of hydrogen-bond acceptors (Lipinski definition) is 6. The molecule has 4 aromatic rings. The predicted octanol–water partition coefficient (Wildman–Crippen LogP) is 6.26. The molecule has 1 saturated heterocycles. The zero-order chi connectivity index (χ0) is 29.5. The molecule has 210 valence electrons. The largest absolute Gasteiger partial charge is 0.454 e. The number of hydrogen-bond donors (Lipinski definition) is 0. The van der Waals surface area contributed by atoms with Gasteiger partial charge in [-0.15, -0.1) is 0 Å². The fourth-order valence-corrected chi connectivity index (χ4v) is 5.87. The highest BCUT2D eigenvalue weighted by atomic mass is 16.5. The Morgan fingerprint density at radius 2 is 1.62 bits per heavy atom. The SMILES string of the molecule is Cc1ccc(C(=O)COC(=O)c2cc(-c3ccc(N4C(=O)C5CC=CC(C)C5C4=O)cc3)nc3ccc(C)cc23)cc1. The van der Waals surface area contributed by atoms with Crippen LogP contribution in [0.1, 0.15) is 45.2 Å². The van der Waals surface area contributed by atoms with Crippen LogP contribution in [0.3, 0.4) is 0 Å². The van der Waals surface area contributed by atoms with E-state index < -0.39 is 5.97 Å². The summed E-state index contributed by atoms with van der Waals surface area (Å²) in [5.41, 5.74) is 5.12. The Hall–Kier alpha value is -4.91. The first-order valence-electron chi connectivity index (χ1n) is 14.0. The number of anilines is 1. The molecule has 1 aliphatic carbocycles. The number of pyridine rings is 1. The fraction of sp³-hybridized carbons (Fsp3) is 0.229. The molecule has 0 spiro atoms. The molecule has 3 atom stereocenters. The van der Waals surface area contributed by atoms with Gasteiger partial charge in [-0.3, -0.25) is 19.3 Å². The van der Waals surface area contributed by atoms with Crippen molar-refractivity contribution in [2.75, 3.05) is 11.5 Å². The lowest BCUT2D eigenvalue weighted by molar-refractivity contribution is -0.122. The van der Waals surface area contributed by atoms with E-state index in [4.69, 9.17) is 9.72 Å². The minimum absolute atomic E-state index is 0.0141. The second-order valence-electron chi connectivity index (χ2n) is 11.2. The maximum atomic E-state index is 13.3. The molecule has 0 bridgehead atoms. The van der Waals surface area contributed by atoms with Crippen LogP contribution in [0.25, 0.3) is 22.2 Å². The van der Waals surface area contributed by atoms with E-state index >= 15 is 0 Å². The van der Waals surface area contributed by atoms with E-state index in [1.807, 2.05) is 63.3 Å². The zero-order valence-corrected chi connectivity index (χ0v) is 23.7. The van der Waals surface area contributed by atoms with E-state index in [2.05, 4.69) is 0 Å². The molecule has 3 aromatic carbocycles. The van der Waals surface area contributed by atoms with Gasteiger partial charge in [0.05, 0.1) is 34.3 Å². The number of aromatic nitrogens is 1. The average Bonchev–Trinajstić information content (AvgIpc) is 3.25. The van der Waals surface area contributed by atoms with Crippen molar-refractivity contribution in [3.05, 3.63) is 107 Å². The van der Waals surface area contributed by atoms with Crippen LogP contribution in [0, 0.1) is 31.6 Å². The Kier molecular flexibility index (Phi) is 7.02. The molecular formula is C35H30N2O5. The summed E-state index contributed by atoms with van der Waals surface area (Å²) in [7, 11) is 0. The number of benzene rings is 3. The third kappa shape index (κ3) is 4.91. The van der Waals surface area contributed by atoms with Crippen LogP contribution in [-0.2, 0) is 14.3 Å². The molecule has 3 unspecified atom stereocenters. The molecule has 42 heavy (non-hydrogen) atoms. The Balaban J connectivity index is 1.28. The van der Waals surface area contributed by atoms with E-state index in [-0.39, 0.29) is 42.0 Å². The average molecular weight is 559 g/mol. The summed E-state index contributed by atoms with van der Waals surface area (Å²) < 4.78 is 5.48. The van der Waals surface area contributed by atoms with Crippen LogP contribution < -0.4 is 4.90 Å². The number of ketones is 1. The minimum Gasteiger partial charge on any atom is -0.454 e. The molecule has 1 aliphatic heterocycles. The molecule has 0 N–H and O–H groups in total. The van der Waals surface area contributed by atoms with Crippen molar-refractivity contribution in [2.24, 2.45) is 17.8 Å². The van der Waals surface area contributed by atoms with E-state index in [1.165, 1.54) is 4.90 Å². The Labute approximate surface area is 243 Å². The topological polar surface area (TPSA) is 93.6 Å². The number of nitrogens with zero attached hydrogens (tertiary/aromatic N) is 2. The standard InChI is InChI=1S/C35H30N2O5/c1-20-7-10-24(11-8-20)31(38)19-42-35(41)28-18-30(36-29-16-9-21(2)17-27(28)29)23-12-14-25(15-13-23)37-33(39)26-6-4-5-22(3)32(26)34(37)40/h4-5,7-18,22,26,32H,6,19H2,1-3H3. The third-order valence-corrected chi connectivity index (χ3v) is 8.19. The lowest BCUT2D eigenvalue weighted by atomic mass is 9.78. The van der Waals surface area contributed by atoms with Crippen LogP contribution in [0.4, 0.5) is 5.69 Å². The number of carbonyl (C=O) groups excluding carboxylic acids is 4. The van der Waals surface area contributed by atoms with Gasteiger partial charge < -0.3 is 4.74 Å².